The van der Waals surface area contributed by atoms with Crippen molar-refractivity contribution < 1.29 is 0 Å². The van der Waals surface area contributed by atoms with Crippen molar-refractivity contribution in [2.24, 2.45) is 4.99 Å². The van der Waals surface area contributed by atoms with Crippen molar-refractivity contribution in [3.63, 3.8) is 0 Å². The second-order valence-corrected chi connectivity index (χ2v) is 3.34. The van der Waals surface area contributed by atoms with E-state index < -0.39 is 0 Å². The van der Waals surface area contributed by atoms with Gasteiger partial charge in [-0.2, -0.15) is 0 Å². The van der Waals surface area contributed by atoms with Crippen LogP contribution in [0.3, 0.4) is 0 Å². The number of nitrogens with zero attached hydrogens (tertiary/aromatic N) is 4. The summed E-state index contributed by atoms with van der Waals surface area (Å²) in [6.07, 6.45) is 4.56. The van der Waals surface area contributed by atoms with Crippen LogP contribution in [0, 0.1) is 0 Å². The van der Waals surface area contributed by atoms with Crippen molar-refractivity contribution in [3.8, 4) is 0 Å². The highest BCUT2D eigenvalue weighted by Crippen LogP contribution is 2.03. The molecule has 5 nitrogen and oxygen atoms in total. The van der Waals surface area contributed by atoms with Gasteiger partial charge in [0.1, 0.15) is 5.52 Å². The van der Waals surface area contributed by atoms with E-state index in [4.69, 9.17) is 0 Å². The number of imidazole rings is 1. The van der Waals surface area contributed by atoms with Crippen molar-refractivity contribution in [1.82, 2.24) is 19.5 Å². The Bertz CT molecular complexity index is 508. The minimum Gasteiger partial charge on any atom is -0.340 e. The number of H-pyrrole nitrogens is 1. The number of hydrogen-bond acceptors (Lipinski definition) is 3. The normalized spacial score (nSPS) is 12.5. The molecule has 2 aromatic heterocycles. The Labute approximate surface area is 87.9 Å². The molecule has 15 heavy (non-hydrogen) atoms. The fourth-order valence-corrected chi connectivity index (χ4v) is 1.59. The van der Waals surface area contributed by atoms with Gasteiger partial charge in [-0.05, 0) is 13.3 Å². The number of aromatic nitrogens is 4. The van der Waals surface area contributed by atoms with Gasteiger partial charge in [0.25, 0.3) is 0 Å². The monoisotopic (exact) mass is 205 g/mol. The lowest BCUT2D eigenvalue weighted by Crippen LogP contribution is -2.14. The maximum absolute atomic E-state index is 4.31. The third kappa shape index (κ3) is 1.77. The zero-order chi connectivity index (χ0) is 10.7. The number of hydrogen-bond donors (Lipinski definition) is 1. The molecule has 1 N–H and O–H groups in total. The van der Waals surface area contributed by atoms with E-state index >= 15 is 0 Å². The van der Waals surface area contributed by atoms with Crippen LogP contribution in [0.5, 0.6) is 0 Å². The van der Waals surface area contributed by atoms with Crippen molar-refractivity contribution in [2.45, 2.75) is 26.8 Å². The Hall–Kier alpha value is -1.65. The summed E-state index contributed by atoms with van der Waals surface area (Å²) in [6.45, 7) is 5.80. The highest BCUT2D eigenvalue weighted by molar-refractivity contribution is 5.68. The molecule has 0 aliphatic rings. The van der Waals surface area contributed by atoms with E-state index in [0.717, 1.165) is 36.2 Å². The summed E-state index contributed by atoms with van der Waals surface area (Å²) >= 11 is 0. The van der Waals surface area contributed by atoms with Gasteiger partial charge in [0.15, 0.2) is 11.1 Å². The molecule has 0 aromatic carbocycles. The molecule has 0 unspecified atom stereocenters. The fraction of sp³-hybridized carbons (Fsp3) is 0.500. The Balaban J connectivity index is 2.65. The predicted molar refractivity (Wildman–Crippen MR) is 58.3 cm³/mol. The van der Waals surface area contributed by atoms with Crippen LogP contribution in [0.4, 0.5) is 0 Å². The van der Waals surface area contributed by atoms with E-state index in [9.17, 15) is 0 Å². The van der Waals surface area contributed by atoms with Crippen LogP contribution < -0.4 is 5.49 Å². The molecule has 0 saturated carbocycles. The first-order valence-corrected chi connectivity index (χ1v) is 5.25. The molecule has 5 heteroatoms. The SMILES string of the molecule is CCCn1cnc(=NCC)c2[nH]cnc21. The molecule has 0 amide bonds. The molecule has 2 aromatic rings. The minimum atomic E-state index is 0.735. The van der Waals surface area contributed by atoms with Gasteiger partial charge in [-0.15, -0.1) is 0 Å². The first-order valence-electron chi connectivity index (χ1n) is 5.25. The van der Waals surface area contributed by atoms with Gasteiger partial charge in [0, 0.05) is 13.1 Å². The molecule has 0 fully saturated rings. The van der Waals surface area contributed by atoms with E-state index in [-0.39, 0.29) is 0 Å². The highest BCUT2D eigenvalue weighted by Gasteiger charge is 2.03. The molecule has 0 aliphatic heterocycles. The van der Waals surface area contributed by atoms with Crippen LogP contribution >= 0.6 is 0 Å². The van der Waals surface area contributed by atoms with Gasteiger partial charge in [-0.25, -0.2) is 9.97 Å². The van der Waals surface area contributed by atoms with Crippen molar-refractivity contribution in [1.29, 1.82) is 0 Å². The summed E-state index contributed by atoms with van der Waals surface area (Å²) in [5.74, 6) is 0. The number of fused-ring (bicyclic) bond motifs is 1. The maximum Gasteiger partial charge on any atom is 0.176 e. The van der Waals surface area contributed by atoms with Crippen molar-refractivity contribution in [2.75, 3.05) is 6.54 Å². The second kappa shape index (κ2) is 4.25. The molecule has 0 radical (unpaired) electrons. The molecule has 0 saturated heterocycles. The lowest BCUT2D eigenvalue weighted by atomic mass is 10.4. The Morgan fingerprint density at radius 3 is 3.00 bits per heavy atom. The zero-order valence-electron chi connectivity index (χ0n) is 9.06. The third-order valence-corrected chi connectivity index (χ3v) is 2.21. The van der Waals surface area contributed by atoms with Crippen LogP contribution in [0.1, 0.15) is 20.3 Å². The smallest absolute Gasteiger partial charge is 0.176 e. The van der Waals surface area contributed by atoms with Crippen LogP contribution in [-0.4, -0.2) is 26.1 Å². The molecular weight excluding hydrogens is 190 g/mol. The quantitative estimate of drug-likeness (QED) is 0.815. The van der Waals surface area contributed by atoms with E-state index in [2.05, 4.69) is 26.9 Å². The number of aryl methyl sites for hydroxylation is 1. The highest BCUT2D eigenvalue weighted by atomic mass is 15.1. The summed E-state index contributed by atoms with van der Waals surface area (Å²) in [4.78, 5) is 16.0. The van der Waals surface area contributed by atoms with Crippen LogP contribution in [-0.2, 0) is 6.54 Å². The van der Waals surface area contributed by atoms with Crippen LogP contribution in [0.2, 0.25) is 0 Å². The van der Waals surface area contributed by atoms with E-state index in [1.807, 2.05) is 11.5 Å². The van der Waals surface area contributed by atoms with Crippen molar-refractivity contribution in [3.05, 3.63) is 18.1 Å². The summed E-state index contributed by atoms with van der Waals surface area (Å²) < 4.78 is 2.04. The van der Waals surface area contributed by atoms with Crippen LogP contribution in [0.25, 0.3) is 11.2 Å². The second-order valence-electron chi connectivity index (χ2n) is 3.34. The standard InChI is InChI=1S/C10H15N5/c1-3-5-15-7-14-9(11-4-2)8-10(15)13-6-12-8/h6-7H,3-5H2,1-2H3,(H,12,13). The topological polar surface area (TPSA) is 58.9 Å². The molecule has 0 aliphatic carbocycles. The average Bonchev–Trinajstić information content (AvgIpc) is 2.71. The van der Waals surface area contributed by atoms with E-state index in [1.165, 1.54) is 0 Å². The molecular formula is C10H15N5. The minimum absolute atomic E-state index is 0.735. The predicted octanol–water partition coefficient (Wildman–Crippen LogP) is 1.09. The summed E-state index contributed by atoms with van der Waals surface area (Å²) in [7, 11) is 0. The fourth-order valence-electron chi connectivity index (χ4n) is 1.59. The zero-order valence-corrected chi connectivity index (χ0v) is 9.06. The third-order valence-electron chi connectivity index (χ3n) is 2.21. The Morgan fingerprint density at radius 2 is 2.27 bits per heavy atom. The van der Waals surface area contributed by atoms with Gasteiger partial charge in [0.2, 0.25) is 0 Å². The van der Waals surface area contributed by atoms with Crippen LogP contribution in [0.15, 0.2) is 17.6 Å². The molecule has 2 rings (SSSR count). The molecule has 0 spiro atoms. The van der Waals surface area contributed by atoms with E-state index in [0.29, 0.717) is 0 Å². The van der Waals surface area contributed by atoms with Gasteiger partial charge in [-0.1, -0.05) is 6.92 Å². The molecule has 80 valence electrons. The van der Waals surface area contributed by atoms with Crippen molar-refractivity contribution >= 4 is 11.2 Å². The Morgan fingerprint density at radius 1 is 1.40 bits per heavy atom. The molecule has 0 atom stereocenters. The number of nitrogens with one attached hydrogen (secondary N) is 1. The first-order chi connectivity index (χ1) is 7.36. The summed E-state index contributed by atoms with van der Waals surface area (Å²) in [5.41, 5.74) is 2.60. The largest absolute Gasteiger partial charge is 0.340 e. The van der Waals surface area contributed by atoms with Gasteiger partial charge >= 0.3 is 0 Å². The summed E-state index contributed by atoms with van der Waals surface area (Å²) in [5, 5.41) is 0. The van der Waals surface area contributed by atoms with Gasteiger partial charge in [-0.3, -0.25) is 4.99 Å². The van der Waals surface area contributed by atoms with Gasteiger partial charge in [0.05, 0.1) is 12.7 Å². The maximum atomic E-state index is 4.31. The Kier molecular flexibility index (Phi) is 2.80. The average molecular weight is 205 g/mol. The lowest BCUT2D eigenvalue weighted by molar-refractivity contribution is 0.676. The van der Waals surface area contributed by atoms with E-state index in [1.54, 1.807) is 12.7 Å². The lowest BCUT2D eigenvalue weighted by Gasteiger charge is -2.04. The first kappa shape index (κ1) is 9.89. The number of rotatable bonds is 3. The molecule has 0 bridgehead atoms. The number of aromatic amines is 1. The summed E-state index contributed by atoms with van der Waals surface area (Å²) in [6, 6.07) is 0. The van der Waals surface area contributed by atoms with Gasteiger partial charge < -0.3 is 9.55 Å². The molecule has 2 heterocycles.